The van der Waals surface area contributed by atoms with E-state index in [4.69, 9.17) is 0 Å². The summed E-state index contributed by atoms with van der Waals surface area (Å²) in [5.74, 6) is 0.381. The molecule has 0 saturated carbocycles. The Balaban J connectivity index is 3.64. The fraction of sp³-hybridized carbons (Fsp3) is 0.900. The number of carbonyl (C=O) groups is 1. The quantitative estimate of drug-likeness (QED) is 0.491. The summed E-state index contributed by atoms with van der Waals surface area (Å²) in [6.45, 7) is 0.199. The number of carbonyl (C=O) groups excluding carboxylic acids is 1. The van der Waals surface area contributed by atoms with Gasteiger partial charge in [0, 0.05) is 12.2 Å². The zero-order chi connectivity index (χ0) is 12.6. The first-order chi connectivity index (χ1) is 7.52. The van der Waals surface area contributed by atoms with Gasteiger partial charge in [-0.3, -0.25) is 4.79 Å². The lowest BCUT2D eigenvalue weighted by molar-refractivity contribution is -0.110. The van der Waals surface area contributed by atoms with Crippen LogP contribution in [0.1, 0.15) is 26.2 Å². The maximum Gasteiger partial charge on any atom is 0.188 e. The van der Waals surface area contributed by atoms with Gasteiger partial charge in [-0.2, -0.15) is 0 Å². The summed E-state index contributed by atoms with van der Waals surface area (Å²) in [7, 11) is 0. The topological polar surface area (TPSA) is 17.1 Å². The van der Waals surface area contributed by atoms with Crippen LogP contribution in [0.4, 0.5) is 17.6 Å². The molecule has 0 N–H and O–H groups in total. The van der Waals surface area contributed by atoms with Crippen molar-refractivity contribution in [2.24, 2.45) is 0 Å². The molecule has 0 rings (SSSR count). The van der Waals surface area contributed by atoms with Gasteiger partial charge >= 0.3 is 0 Å². The first-order valence-corrected chi connectivity index (χ1v) is 6.15. The van der Waals surface area contributed by atoms with Gasteiger partial charge in [0.25, 0.3) is 0 Å². The summed E-state index contributed by atoms with van der Waals surface area (Å²) in [6, 6.07) is 0. The maximum absolute atomic E-state index is 13.0. The summed E-state index contributed by atoms with van der Waals surface area (Å²) >= 11 is 1.05. The van der Waals surface area contributed by atoms with Crippen molar-refractivity contribution < 1.29 is 22.4 Å². The summed E-state index contributed by atoms with van der Waals surface area (Å²) in [6.07, 6.45) is -6.31. The van der Waals surface area contributed by atoms with Crippen LogP contribution in [0.2, 0.25) is 0 Å². The van der Waals surface area contributed by atoms with E-state index in [1.807, 2.05) is 0 Å². The van der Waals surface area contributed by atoms with E-state index >= 15 is 0 Å². The van der Waals surface area contributed by atoms with Crippen molar-refractivity contribution in [3.8, 4) is 0 Å². The maximum atomic E-state index is 13.0. The van der Waals surface area contributed by atoms with Gasteiger partial charge in [-0.05, 0) is 12.8 Å². The number of hydrogen-bond acceptors (Lipinski definition) is 2. The third-order valence-corrected chi connectivity index (χ3v) is 3.12. The molecule has 3 unspecified atom stereocenters. The van der Waals surface area contributed by atoms with E-state index in [1.165, 1.54) is 0 Å². The Labute approximate surface area is 97.0 Å². The van der Waals surface area contributed by atoms with E-state index in [0.717, 1.165) is 11.8 Å². The van der Waals surface area contributed by atoms with E-state index in [2.05, 4.69) is 0 Å². The third kappa shape index (κ3) is 6.35. The Kier molecular flexibility index (Phi) is 8.70. The smallest absolute Gasteiger partial charge is 0.188 e. The molecule has 0 amide bonds. The Morgan fingerprint density at radius 3 is 2.38 bits per heavy atom. The first-order valence-electron chi connectivity index (χ1n) is 5.16. The van der Waals surface area contributed by atoms with Crippen LogP contribution in [0.5, 0.6) is 0 Å². The van der Waals surface area contributed by atoms with Crippen LogP contribution < -0.4 is 0 Å². The van der Waals surface area contributed by atoms with Crippen molar-refractivity contribution in [2.45, 2.75) is 44.7 Å². The summed E-state index contributed by atoms with van der Waals surface area (Å²) in [5, 5.41) is -0.0145. The van der Waals surface area contributed by atoms with Crippen molar-refractivity contribution in [2.75, 3.05) is 12.4 Å². The summed E-state index contributed by atoms with van der Waals surface area (Å²) in [4.78, 5) is 10.8. The average molecular weight is 260 g/mol. The molecule has 0 aliphatic heterocycles. The number of rotatable bonds is 8. The summed E-state index contributed by atoms with van der Waals surface area (Å²) < 4.78 is 49.9. The highest BCUT2D eigenvalue weighted by Gasteiger charge is 2.29. The van der Waals surface area contributed by atoms with Gasteiger partial charge in [-0.25, -0.2) is 17.6 Å². The second-order valence-corrected chi connectivity index (χ2v) is 4.50. The molecular weight excluding hydrogens is 244 g/mol. The van der Waals surface area contributed by atoms with E-state index in [-0.39, 0.29) is 18.0 Å². The third-order valence-electron chi connectivity index (χ3n) is 2.01. The minimum absolute atomic E-state index is 0.0145. The zero-order valence-corrected chi connectivity index (χ0v) is 9.91. The minimum atomic E-state index is -2.41. The minimum Gasteiger partial charge on any atom is -0.287 e. The zero-order valence-electron chi connectivity index (χ0n) is 9.10. The van der Waals surface area contributed by atoms with Gasteiger partial charge in [-0.1, -0.05) is 18.7 Å². The van der Waals surface area contributed by atoms with Crippen molar-refractivity contribution in [3.05, 3.63) is 0 Å². The number of alkyl halides is 4. The molecule has 1 nitrogen and oxygen atoms in total. The Bertz CT molecular complexity index is 203. The van der Waals surface area contributed by atoms with Gasteiger partial charge in [-0.15, -0.1) is 0 Å². The van der Waals surface area contributed by atoms with E-state index in [0.29, 0.717) is 12.2 Å². The molecule has 16 heavy (non-hydrogen) atoms. The first kappa shape index (κ1) is 15.7. The molecule has 6 heteroatoms. The Morgan fingerprint density at radius 2 is 1.88 bits per heavy atom. The Hall–Kier alpha value is -0.260. The molecule has 96 valence electrons. The highest BCUT2D eigenvalue weighted by Crippen LogP contribution is 2.18. The van der Waals surface area contributed by atoms with Crippen LogP contribution in [0.15, 0.2) is 0 Å². The standard InChI is InChI=1S/C10H16F4OS/c1-2-9(15)16-5-3-4-7(12)10(14)8(13)6-11/h7-8,10H,2-6H2,1H3. The number of thioether (sulfide) groups is 1. The molecule has 3 atom stereocenters. The molecule has 0 aliphatic carbocycles. The lowest BCUT2D eigenvalue weighted by atomic mass is 10.1. The van der Waals surface area contributed by atoms with Crippen LogP contribution in [-0.4, -0.2) is 36.1 Å². The van der Waals surface area contributed by atoms with Crippen LogP contribution >= 0.6 is 11.8 Å². The molecule has 0 spiro atoms. The second-order valence-electron chi connectivity index (χ2n) is 3.35. The molecule has 0 radical (unpaired) electrons. The van der Waals surface area contributed by atoms with Gasteiger partial charge < -0.3 is 0 Å². The van der Waals surface area contributed by atoms with E-state index < -0.39 is 25.2 Å². The molecule has 0 bridgehead atoms. The Morgan fingerprint density at radius 1 is 1.25 bits per heavy atom. The van der Waals surface area contributed by atoms with E-state index in [1.54, 1.807) is 6.92 Å². The highest BCUT2D eigenvalue weighted by molar-refractivity contribution is 8.13. The van der Waals surface area contributed by atoms with Gasteiger partial charge in [0.1, 0.15) is 12.8 Å². The fourth-order valence-electron chi connectivity index (χ4n) is 1.04. The molecule has 0 fully saturated rings. The monoisotopic (exact) mass is 260 g/mol. The lowest BCUT2D eigenvalue weighted by Gasteiger charge is -2.14. The van der Waals surface area contributed by atoms with Gasteiger partial charge in [0.2, 0.25) is 0 Å². The number of hydrogen-bond donors (Lipinski definition) is 0. The fourth-order valence-corrected chi connectivity index (χ4v) is 1.78. The largest absolute Gasteiger partial charge is 0.287 e. The average Bonchev–Trinajstić information content (AvgIpc) is 2.31. The van der Waals surface area contributed by atoms with Gasteiger partial charge in [0.15, 0.2) is 17.5 Å². The molecule has 0 heterocycles. The predicted molar refractivity (Wildman–Crippen MR) is 57.7 cm³/mol. The normalized spacial score (nSPS) is 16.8. The predicted octanol–water partition coefficient (Wildman–Crippen LogP) is 3.42. The molecule has 0 aliphatic rings. The van der Waals surface area contributed by atoms with E-state index in [9.17, 15) is 22.4 Å². The number of halogens is 4. The van der Waals surface area contributed by atoms with Gasteiger partial charge in [0.05, 0.1) is 0 Å². The highest BCUT2D eigenvalue weighted by atomic mass is 32.2. The van der Waals surface area contributed by atoms with Crippen LogP contribution in [0, 0.1) is 0 Å². The van der Waals surface area contributed by atoms with Crippen molar-refractivity contribution in [1.29, 1.82) is 0 Å². The molecular formula is C10H16F4OS. The van der Waals surface area contributed by atoms with Crippen LogP contribution in [0.3, 0.4) is 0 Å². The van der Waals surface area contributed by atoms with Crippen LogP contribution in [0.25, 0.3) is 0 Å². The van der Waals surface area contributed by atoms with Crippen molar-refractivity contribution in [1.82, 2.24) is 0 Å². The lowest BCUT2D eigenvalue weighted by Crippen LogP contribution is -2.29. The SMILES string of the molecule is CCC(=O)SCCCC(F)C(F)C(F)CF. The van der Waals surface area contributed by atoms with Crippen molar-refractivity contribution >= 4 is 16.9 Å². The molecule has 0 aromatic heterocycles. The van der Waals surface area contributed by atoms with Crippen molar-refractivity contribution in [3.63, 3.8) is 0 Å². The molecule has 0 saturated heterocycles. The second kappa shape index (κ2) is 8.84. The molecule has 0 aromatic carbocycles. The molecule has 0 aromatic rings. The summed E-state index contributed by atoms with van der Waals surface area (Å²) in [5.41, 5.74) is 0. The van der Waals surface area contributed by atoms with Crippen LogP contribution in [-0.2, 0) is 4.79 Å².